The zero-order valence-corrected chi connectivity index (χ0v) is 17.3. The number of nitriles is 1. The minimum absolute atomic E-state index is 0.102. The first-order chi connectivity index (χ1) is 13.8. The molecule has 2 heterocycles. The third-order valence-corrected chi connectivity index (χ3v) is 5.20. The van der Waals surface area contributed by atoms with Crippen LogP contribution < -0.4 is 10.3 Å². The van der Waals surface area contributed by atoms with Gasteiger partial charge in [0.15, 0.2) is 0 Å². The average molecular weight is 390 g/mol. The van der Waals surface area contributed by atoms with Gasteiger partial charge in [0.1, 0.15) is 17.3 Å². The number of aryl methyl sites for hydroxylation is 1. The maximum absolute atomic E-state index is 9.17. The third kappa shape index (κ3) is 3.52. The summed E-state index contributed by atoms with van der Waals surface area (Å²) in [5, 5.41) is 23.5. The van der Waals surface area contributed by atoms with Crippen LogP contribution in [0.3, 0.4) is 0 Å². The van der Waals surface area contributed by atoms with Gasteiger partial charge in [0.2, 0.25) is 0 Å². The molecule has 0 spiro atoms. The van der Waals surface area contributed by atoms with E-state index < -0.39 is 5.66 Å². The molecule has 1 aliphatic heterocycles. The molecule has 1 aromatic heterocycles. The fraction of sp³-hybridized carbons (Fsp3) is 0.333. The van der Waals surface area contributed by atoms with Crippen molar-refractivity contribution in [3.63, 3.8) is 0 Å². The van der Waals surface area contributed by atoms with Crippen molar-refractivity contribution in [1.29, 1.82) is 5.26 Å². The first-order valence-electron chi connectivity index (χ1n) is 9.37. The molecule has 0 bridgehead atoms. The predicted octanol–water partition coefficient (Wildman–Crippen LogP) is 2.88. The van der Waals surface area contributed by atoms with Crippen LogP contribution in [0.4, 0.5) is 5.69 Å². The summed E-state index contributed by atoms with van der Waals surface area (Å²) in [6.07, 6.45) is 3.71. The second-order valence-corrected chi connectivity index (χ2v) is 7.25. The molecule has 0 saturated carbocycles. The monoisotopic (exact) mass is 390 g/mol. The number of nitrogens with one attached hydrogen (secondary N) is 1. The Morgan fingerprint density at radius 3 is 2.66 bits per heavy atom. The van der Waals surface area contributed by atoms with Crippen molar-refractivity contribution < 1.29 is 0 Å². The Morgan fingerprint density at radius 1 is 1.38 bits per heavy atom. The minimum atomic E-state index is -0.731. The lowest BCUT2D eigenvalue weighted by molar-refractivity contribution is 0.175. The Kier molecular flexibility index (Phi) is 5.52. The number of nitrogens with zero attached hydrogens (tertiary/aromatic N) is 7. The molecular weight excluding hydrogens is 364 g/mol. The largest absolute Gasteiger partial charge is 0.346 e. The van der Waals surface area contributed by atoms with Crippen molar-refractivity contribution in [1.82, 2.24) is 25.3 Å². The van der Waals surface area contributed by atoms with Gasteiger partial charge in [-0.15, -0.1) is 10.2 Å². The molecule has 8 nitrogen and oxygen atoms in total. The van der Waals surface area contributed by atoms with E-state index in [1.54, 1.807) is 18.2 Å². The molecule has 2 unspecified atom stereocenters. The van der Waals surface area contributed by atoms with Gasteiger partial charge in [-0.05, 0) is 44.2 Å². The highest BCUT2D eigenvalue weighted by Crippen LogP contribution is 2.38. The average Bonchev–Trinajstić information content (AvgIpc) is 3.07. The van der Waals surface area contributed by atoms with Crippen molar-refractivity contribution >= 4 is 18.1 Å². The molecule has 0 aliphatic carbocycles. The van der Waals surface area contributed by atoms with Crippen LogP contribution in [-0.4, -0.2) is 45.9 Å². The summed E-state index contributed by atoms with van der Waals surface area (Å²) >= 11 is 0. The van der Waals surface area contributed by atoms with E-state index in [0.717, 1.165) is 23.0 Å². The molecule has 0 saturated heterocycles. The number of rotatable bonds is 5. The van der Waals surface area contributed by atoms with Crippen LogP contribution in [0.1, 0.15) is 37.0 Å². The third-order valence-electron chi connectivity index (χ3n) is 5.20. The number of hydrogen-bond donors (Lipinski definition) is 1. The standard InChI is InChI=1S/C21H26N8/c1-7-8-19-21(4,26-27(6)23-5)28(18-11-9-17(13-22)10-12-18)14-15(2)20-25-24-16(3)29(19)20/h7-12,15,26H,1,5,14H2,2-4,6H3/b19-8+. The molecule has 2 aromatic rings. The van der Waals surface area contributed by atoms with Crippen LogP contribution in [0.15, 0.2) is 48.1 Å². The zero-order chi connectivity index (χ0) is 21.2. The number of fused-ring (bicyclic) bond motifs is 1. The summed E-state index contributed by atoms with van der Waals surface area (Å²) in [7, 11) is 1.80. The van der Waals surface area contributed by atoms with Gasteiger partial charge in [0, 0.05) is 31.9 Å². The van der Waals surface area contributed by atoms with Gasteiger partial charge >= 0.3 is 0 Å². The van der Waals surface area contributed by atoms with Gasteiger partial charge in [-0.1, -0.05) is 19.6 Å². The number of hydrazine groups is 1. The van der Waals surface area contributed by atoms with Crippen LogP contribution >= 0.6 is 0 Å². The van der Waals surface area contributed by atoms with Crippen molar-refractivity contribution in [2.45, 2.75) is 32.4 Å². The van der Waals surface area contributed by atoms with Crippen LogP contribution in [0.2, 0.25) is 0 Å². The molecule has 8 heteroatoms. The second-order valence-electron chi connectivity index (χ2n) is 7.25. The molecule has 150 valence electrons. The Bertz CT molecular complexity index is 981. The highest BCUT2D eigenvalue weighted by atomic mass is 15.7. The van der Waals surface area contributed by atoms with Gasteiger partial charge in [-0.2, -0.15) is 15.8 Å². The van der Waals surface area contributed by atoms with Crippen LogP contribution in [0, 0.1) is 18.3 Å². The number of anilines is 1. The first-order valence-corrected chi connectivity index (χ1v) is 9.37. The van der Waals surface area contributed by atoms with Crippen molar-refractivity contribution in [2.75, 3.05) is 18.5 Å². The van der Waals surface area contributed by atoms with E-state index in [1.807, 2.05) is 37.3 Å². The minimum Gasteiger partial charge on any atom is -0.346 e. The smallest absolute Gasteiger partial charge is 0.148 e. The highest BCUT2D eigenvalue weighted by Gasteiger charge is 2.43. The lowest BCUT2D eigenvalue weighted by Crippen LogP contribution is -2.62. The Morgan fingerprint density at radius 2 is 2.07 bits per heavy atom. The summed E-state index contributed by atoms with van der Waals surface area (Å²) in [5.41, 5.74) is 5.21. The zero-order valence-electron chi connectivity index (χ0n) is 17.3. The summed E-state index contributed by atoms with van der Waals surface area (Å²) in [6, 6.07) is 9.73. The molecule has 1 aromatic carbocycles. The van der Waals surface area contributed by atoms with Crippen LogP contribution in [0.25, 0.3) is 5.70 Å². The maximum atomic E-state index is 9.17. The van der Waals surface area contributed by atoms with Gasteiger partial charge < -0.3 is 4.90 Å². The summed E-state index contributed by atoms with van der Waals surface area (Å²) in [5.74, 6) is 1.78. The molecule has 1 aliphatic rings. The topological polar surface area (TPSA) is 85.4 Å². The Balaban J connectivity index is 2.26. The number of benzene rings is 1. The fourth-order valence-corrected chi connectivity index (χ4v) is 3.79. The highest BCUT2D eigenvalue weighted by molar-refractivity contribution is 5.68. The van der Waals surface area contributed by atoms with Crippen LogP contribution in [-0.2, 0) is 0 Å². The van der Waals surface area contributed by atoms with Gasteiger partial charge in [-0.25, -0.2) is 5.12 Å². The Labute approximate surface area is 171 Å². The second kappa shape index (κ2) is 7.89. The van der Waals surface area contributed by atoms with E-state index in [0.29, 0.717) is 12.1 Å². The number of hydrazone groups is 1. The SMILES string of the molecule is C=C/C=C1/n2c(C)nnc2C(C)CN(c2ccc(C#N)cc2)C1(C)NN(C)N=C. The predicted molar refractivity (Wildman–Crippen MR) is 115 cm³/mol. The van der Waals surface area contributed by atoms with E-state index in [9.17, 15) is 5.26 Å². The number of aromatic nitrogens is 3. The van der Waals surface area contributed by atoms with E-state index in [1.165, 1.54) is 0 Å². The van der Waals surface area contributed by atoms with Gasteiger partial charge in [0.25, 0.3) is 0 Å². The maximum Gasteiger partial charge on any atom is 0.148 e. The quantitative estimate of drug-likeness (QED) is 0.624. The molecule has 0 radical (unpaired) electrons. The molecule has 0 amide bonds. The lowest BCUT2D eigenvalue weighted by atomic mass is 10.0. The van der Waals surface area contributed by atoms with Crippen molar-refractivity contribution in [2.24, 2.45) is 5.10 Å². The molecule has 2 atom stereocenters. The summed E-state index contributed by atoms with van der Waals surface area (Å²) in [6.45, 7) is 14.4. The summed E-state index contributed by atoms with van der Waals surface area (Å²) in [4.78, 5) is 2.24. The Hall–Kier alpha value is -3.44. The number of allylic oxidation sites excluding steroid dienone is 2. The van der Waals surface area contributed by atoms with E-state index in [4.69, 9.17) is 0 Å². The van der Waals surface area contributed by atoms with Crippen molar-refractivity contribution in [3.05, 3.63) is 60.2 Å². The fourth-order valence-electron chi connectivity index (χ4n) is 3.79. The molecule has 29 heavy (non-hydrogen) atoms. The molecular formula is C21H26N8. The normalized spacial score (nSPS) is 22.5. The summed E-state index contributed by atoms with van der Waals surface area (Å²) < 4.78 is 2.07. The molecule has 1 N–H and O–H groups in total. The molecule has 3 rings (SSSR count). The molecule has 0 fully saturated rings. The lowest BCUT2D eigenvalue weighted by Gasteiger charge is -2.45. The number of hydrogen-bond acceptors (Lipinski definition) is 7. The van der Waals surface area contributed by atoms with Gasteiger partial charge in [0.05, 0.1) is 17.3 Å². The van der Waals surface area contributed by atoms with E-state index in [-0.39, 0.29) is 5.92 Å². The van der Waals surface area contributed by atoms with E-state index >= 15 is 0 Å². The first kappa shape index (κ1) is 20.3. The van der Waals surface area contributed by atoms with Gasteiger partial charge in [-0.3, -0.25) is 4.57 Å². The van der Waals surface area contributed by atoms with Crippen molar-refractivity contribution in [3.8, 4) is 6.07 Å². The van der Waals surface area contributed by atoms with E-state index in [2.05, 4.69) is 63.4 Å². The van der Waals surface area contributed by atoms with Crippen LogP contribution in [0.5, 0.6) is 0 Å².